The van der Waals surface area contributed by atoms with Crippen LogP contribution in [-0.2, 0) is 12.8 Å². The van der Waals surface area contributed by atoms with Crippen molar-refractivity contribution in [1.29, 1.82) is 5.26 Å². The number of anilines is 1. The molecule has 0 bridgehead atoms. The van der Waals surface area contributed by atoms with E-state index in [2.05, 4.69) is 16.4 Å². The molecule has 2 heterocycles. The van der Waals surface area contributed by atoms with E-state index < -0.39 is 0 Å². The van der Waals surface area contributed by atoms with Gasteiger partial charge in [0.05, 0.1) is 11.1 Å². The van der Waals surface area contributed by atoms with Crippen LogP contribution in [0.25, 0.3) is 0 Å². The van der Waals surface area contributed by atoms with Crippen LogP contribution in [0.4, 0.5) is 5.00 Å². The van der Waals surface area contributed by atoms with Gasteiger partial charge in [-0.15, -0.1) is 11.3 Å². The number of nitrogens with one attached hydrogen (secondary N) is 1. The van der Waals surface area contributed by atoms with Gasteiger partial charge in [-0.2, -0.15) is 5.26 Å². The van der Waals surface area contributed by atoms with Gasteiger partial charge in [-0.05, 0) is 43.4 Å². The van der Waals surface area contributed by atoms with Crippen molar-refractivity contribution >= 4 is 45.4 Å². The summed E-state index contributed by atoms with van der Waals surface area (Å²) in [5, 5.41) is 13.0. The van der Waals surface area contributed by atoms with E-state index in [1.165, 1.54) is 28.3 Å². The maximum atomic E-state index is 12.3. The zero-order valence-electron chi connectivity index (χ0n) is 11.4. The smallest absolute Gasteiger partial charge is 0.259 e. The van der Waals surface area contributed by atoms with Gasteiger partial charge in [-0.3, -0.25) is 4.79 Å². The minimum Gasteiger partial charge on any atom is -0.312 e. The van der Waals surface area contributed by atoms with Crippen LogP contribution in [0.15, 0.2) is 12.1 Å². The van der Waals surface area contributed by atoms with E-state index in [0.29, 0.717) is 10.6 Å². The Morgan fingerprint density at radius 1 is 1.32 bits per heavy atom. The Bertz CT molecular complexity index is 795. The number of nitrogens with zero attached hydrogens (tertiary/aromatic N) is 2. The number of amides is 1. The summed E-state index contributed by atoms with van der Waals surface area (Å²) >= 11 is 13.2. The van der Waals surface area contributed by atoms with Gasteiger partial charge >= 0.3 is 0 Å². The standard InChI is InChI=1S/C15H11Cl2N3OS/c16-12-6-5-9(13(17)19-12)14(21)20-15-10(7-18)8-3-1-2-4-11(8)22-15/h5-6H,1-4H2,(H,20,21). The second kappa shape index (κ2) is 6.25. The molecule has 0 atom stereocenters. The molecule has 22 heavy (non-hydrogen) atoms. The molecule has 3 rings (SSSR count). The molecular formula is C15H11Cl2N3OS. The molecule has 0 spiro atoms. The molecule has 0 aromatic carbocycles. The predicted molar refractivity (Wildman–Crippen MR) is 87.9 cm³/mol. The van der Waals surface area contributed by atoms with Crippen molar-refractivity contribution in [3.63, 3.8) is 0 Å². The van der Waals surface area contributed by atoms with Crippen molar-refractivity contribution in [2.45, 2.75) is 25.7 Å². The molecule has 0 unspecified atom stereocenters. The Labute approximate surface area is 141 Å². The SMILES string of the molecule is N#Cc1c(NC(=O)c2ccc(Cl)nc2Cl)sc2c1CCCC2. The van der Waals surface area contributed by atoms with Crippen molar-refractivity contribution in [3.05, 3.63) is 44.0 Å². The van der Waals surface area contributed by atoms with E-state index in [4.69, 9.17) is 23.2 Å². The average molecular weight is 352 g/mol. The summed E-state index contributed by atoms with van der Waals surface area (Å²) in [6.07, 6.45) is 4.07. The van der Waals surface area contributed by atoms with Crippen LogP contribution in [0.2, 0.25) is 10.3 Å². The van der Waals surface area contributed by atoms with Gasteiger partial charge in [-0.25, -0.2) is 4.98 Å². The summed E-state index contributed by atoms with van der Waals surface area (Å²) in [5.74, 6) is -0.385. The highest BCUT2D eigenvalue weighted by molar-refractivity contribution is 7.16. The molecular weight excluding hydrogens is 341 g/mol. The molecule has 1 aliphatic rings. The van der Waals surface area contributed by atoms with Crippen LogP contribution in [0.5, 0.6) is 0 Å². The van der Waals surface area contributed by atoms with E-state index in [1.807, 2.05) is 0 Å². The normalized spacial score (nSPS) is 13.3. The van der Waals surface area contributed by atoms with Crippen molar-refractivity contribution in [2.24, 2.45) is 0 Å². The number of thiophene rings is 1. The number of nitriles is 1. The molecule has 7 heteroatoms. The number of fused-ring (bicyclic) bond motifs is 1. The van der Waals surface area contributed by atoms with E-state index >= 15 is 0 Å². The van der Waals surface area contributed by atoms with Crippen LogP contribution in [0.1, 0.15) is 39.2 Å². The summed E-state index contributed by atoms with van der Waals surface area (Å²) in [6.45, 7) is 0. The highest BCUT2D eigenvalue weighted by Crippen LogP contribution is 2.37. The lowest BCUT2D eigenvalue weighted by atomic mass is 9.96. The summed E-state index contributed by atoms with van der Waals surface area (Å²) in [7, 11) is 0. The monoisotopic (exact) mass is 351 g/mol. The molecule has 0 saturated carbocycles. The minimum absolute atomic E-state index is 0.0461. The van der Waals surface area contributed by atoms with Crippen LogP contribution in [-0.4, -0.2) is 10.9 Å². The van der Waals surface area contributed by atoms with Crippen LogP contribution < -0.4 is 5.32 Å². The number of halogens is 2. The highest BCUT2D eigenvalue weighted by Gasteiger charge is 2.22. The minimum atomic E-state index is -0.385. The Kier molecular flexibility index (Phi) is 4.34. The Morgan fingerprint density at radius 2 is 2.09 bits per heavy atom. The first-order chi connectivity index (χ1) is 10.6. The van der Waals surface area contributed by atoms with Crippen molar-refractivity contribution in [1.82, 2.24) is 4.98 Å². The van der Waals surface area contributed by atoms with Gasteiger partial charge in [0.25, 0.3) is 5.91 Å². The van der Waals surface area contributed by atoms with Crippen LogP contribution in [0.3, 0.4) is 0 Å². The molecule has 0 fully saturated rings. The first-order valence-corrected chi connectivity index (χ1v) is 8.35. The zero-order chi connectivity index (χ0) is 15.7. The molecule has 0 saturated heterocycles. The number of aryl methyl sites for hydroxylation is 1. The quantitative estimate of drug-likeness (QED) is 0.812. The van der Waals surface area contributed by atoms with Gasteiger partial charge in [-0.1, -0.05) is 23.2 Å². The predicted octanol–water partition coefficient (Wildman–Crippen LogP) is 4.45. The number of hydrogen-bond donors (Lipinski definition) is 1. The van der Waals surface area contributed by atoms with Gasteiger partial charge in [0.15, 0.2) is 0 Å². The topological polar surface area (TPSA) is 65.8 Å². The second-order valence-corrected chi connectivity index (χ2v) is 6.80. The number of aromatic nitrogens is 1. The Hall–Kier alpha value is -1.61. The maximum absolute atomic E-state index is 12.3. The molecule has 4 nitrogen and oxygen atoms in total. The fourth-order valence-electron chi connectivity index (χ4n) is 2.52. The van der Waals surface area contributed by atoms with E-state index in [9.17, 15) is 10.1 Å². The Balaban J connectivity index is 1.91. The van der Waals surface area contributed by atoms with Crippen molar-refractivity contribution < 1.29 is 4.79 Å². The molecule has 112 valence electrons. The second-order valence-electron chi connectivity index (χ2n) is 4.95. The lowest BCUT2D eigenvalue weighted by molar-refractivity contribution is 0.102. The zero-order valence-corrected chi connectivity index (χ0v) is 13.8. The number of rotatable bonds is 2. The lowest BCUT2D eigenvalue weighted by Gasteiger charge is -2.09. The summed E-state index contributed by atoms with van der Waals surface area (Å²) in [6, 6.07) is 5.24. The van der Waals surface area contributed by atoms with E-state index in [0.717, 1.165) is 31.2 Å². The average Bonchev–Trinajstić information content (AvgIpc) is 2.83. The summed E-state index contributed by atoms with van der Waals surface area (Å²) in [4.78, 5) is 17.4. The van der Waals surface area contributed by atoms with Crippen LogP contribution >= 0.6 is 34.5 Å². The molecule has 2 aromatic heterocycles. The molecule has 1 aliphatic carbocycles. The number of carbonyl (C=O) groups excluding carboxylic acids is 1. The first kappa shape index (κ1) is 15.3. The van der Waals surface area contributed by atoms with Gasteiger partial charge in [0.2, 0.25) is 0 Å². The fraction of sp³-hybridized carbons (Fsp3) is 0.267. The van der Waals surface area contributed by atoms with E-state index in [-0.39, 0.29) is 21.8 Å². The lowest BCUT2D eigenvalue weighted by Crippen LogP contribution is -2.13. The van der Waals surface area contributed by atoms with Crippen molar-refractivity contribution in [3.8, 4) is 6.07 Å². The first-order valence-electron chi connectivity index (χ1n) is 6.78. The third-order valence-electron chi connectivity index (χ3n) is 3.57. The largest absolute Gasteiger partial charge is 0.312 e. The molecule has 2 aromatic rings. The third-order valence-corrected chi connectivity index (χ3v) is 5.28. The fourth-order valence-corrected chi connectivity index (χ4v) is 4.19. The van der Waals surface area contributed by atoms with Gasteiger partial charge < -0.3 is 5.32 Å². The summed E-state index contributed by atoms with van der Waals surface area (Å²) < 4.78 is 0. The highest BCUT2D eigenvalue weighted by atomic mass is 35.5. The molecule has 1 amide bonds. The van der Waals surface area contributed by atoms with Crippen molar-refractivity contribution in [2.75, 3.05) is 5.32 Å². The number of hydrogen-bond acceptors (Lipinski definition) is 4. The van der Waals surface area contributed by atoms with Gasteiger partial charge in [0.1, 0.15) is 21.4 Å². The van der Waals surface area contributed by atoms with Gasteiger partial charge in [0, 0.05) is 4.88 Å². The van der Waals surface area contributed by atoms with E-state index in [1.54, 1.807) is 0 Å². The van der Waals surface area contributed by atoms with Crippen LogP contribution in [0, 0.1) is 11.3 Å². The summed E-state index contributed by atoms with van der Waals surface area (Å²) in [5.41, 5.74) is 1.89. The molecule has 0 radical (unpaired) electrons. The number of pyridine rings is 1. The third kappa shape index (κ3) is 2.82. The molecule has 0 aliphatic heterocycles. The number of carbonyl (C=O) groups is 1. The maximum Gasteiger partial charge on any atom is 0.259 e. The molecule has 1 N–H and O–H groups in total. The Morgan fingerprint density at radius 3 is 2.82 bits per heavy atom.